The van der Waals surface area contributed by atoms with Crippen LogP contribution < -0.4 is 4.72 Å². The smallest absolute Gasteiger partial charge is 0.265 e. The van der Waals surface area contributed by atoms with Crippen molar-refractivity contribution in [1.29, 1.82) is 0 Å². The van der Waals surface area contributed by atoms with E-state index in [2.05, 4.69) is 14.9 Å². The average Bonchev–Trinajstić information content (AvgIpc) is 2.83. The minimum Gasteiger partial charge on any atom is -0.336 e. The minimum atomic E-state index is -3.66. The fourth-order valence-corrected chi connectivity index (χ4v) is 4.23. The number of carbonyl (C=O) groups is 1. The Bertz CT molecular complexity index is 882. The molecule has 0 aliphatic heterocycles. The van der Waals surface area contributed by atoms with Crippen LogP contribution in [0.3, 0.4) is 0 Å². The third-order valence-electron chi connectivity index (χ3n) is 4.40. The second-order valence-corrected chi connectivity index (χ2v) is 8.47. The number of hydrogen-bond donors (Lipinski definition) is 1. The first-order chi connectivity index (χ1) is 11.3. The lowest BCUT2D eigenvalue weighted by molar-refractivity contribution is 0.0982. The zero-order valence-corrected chi connectivity index (χ0v) is 14.8. The Balaban J connectivity index is 1.94. The van der Waals surface area contributed by atoms with Crippen molar-refractivity contribution in [3.63, 3.8) is 0 Å². The van der Waals surface area contributed by atoms with Gasteiger partial charge in [0.25, 0.3) is 11.6 Å². The molecular weight excluding hydrogens is 330 g/mol. The Morgan fingerprint density at radius 3 is 2.71 bits per heavy atom. The monoisotopic (exact) mass is 351 g/mol. The molecule has 1 N–H and O–H groups in total. The molecule has 0 saturated heterocycles. The highest BCUT2D eigenvalue weighted by atomic mass is 32.2. The van der Waals surface area contributed by atoms with Crippen molar-refractivity contribution in [2.24, 2.45) is 5.92 Å². The molecule has 1 fully saturated rings. The lowest BCUT2D eigenvalue weighted by Crippen LogP contribution is -2.36. The molecule has 1 aliphatic rings. The highest BCUT2D eigenvalue weighted by Crippen LogP contribution is 2.28. The molecule has 3 rings (SSSR count). The van der Waals surface area contributed by atoms with E-state index in [1.165, 1.54) is 0 Å². The van der Waals surface area contributed by atoms with Crippen LogP contribution in [0.1, 0.15) is 60.8 Å². The molecule has 0 aromatic carbocycles. The van der Waals surface area contributed by atoms with Crippen molar-refractivity contribution < 1.29 is 17.7 Å². The molecule has 1 saturated carbocycles. The van der Waals surface area contributed by atoms with Crippen LogP contribution in [0.4, 0.5) is 0 Å². The van der Waals surface area contributed by atoms with E-state index in [1.807, 2.05) is 13.8 Å². The summed E-state index contributed by atoms with van der Waals surface area (Å²) in [6.45, 7) is 5.57. The van der Waals surface area contributed by atoms with Crippen LogP contribution in [0.5, 0.6) is 0 Å². The molecule has 0 spiro atoms. The number of hydrogen-bond acceptors (Lipinski definition) is 6. The van der Waals surface area contributed by atoms with Gasteiger partial charge in [-0.05, 0) is 37.7 Å². The van der Waals surface area contributed by atoms with Crippen molar-refractivity contribution in [2.75, 3.05) is 5.75 Å². The minimum absolute atomic E-state index is 0.00732. The van der Waals surface area contributed by atoms with E-state index >= 15 is 0 Å². The van der Waals surface area contributed by atoms with Crippen molar-refractivity contribution in [1.82, 2.24) is 14.9 Å². The topological polar surface area (TPSA) is 102 Å². The first-order valence-corrected chi connectivity index (χ1v) is 9.74. The first kappa shape index (κ1) is 16.9. The van der Waals surface area contributed by atoms with Crippen molar-refractivity contribution >= 4 is 27.0 Å². The SMILES string of the molecule is Cc1noc2nc(C(C)C)cc(C(=O)NS(=O)(=O)CC3CCC3)c12. The number of nitrogens with one attached hydrogen (secondary N) is 1. The van der Waals surface area contributed by atoms with Gasteiger partial charge >= 0.3 is 0 Å². The van der Waals surface area contributed by atoms with Gasteiger partial charge in [-0.3, -0.25) is 4.79 Å². The van der Waals surface area contributed by atoms with E-state index in [9.17, 15) is 13.2 Å². The van der Waals surface area contributed by atoms with E-state index in [4.69, 9.17) is 4.52 Å². The second kappa shape index (κ2) is 6.16. The number of aryl methyl sites for hydroxylation is 1. The van der Waals surface area contributed by atoms with E-state index in [0.717, 1.165) is 19.3 Å². The van der Waals surface area contributed by atoms with Gasteiger partial charge in [0, 0.05) is 5.69 Å². The predicted molar refractivity (Wildman–Crippen MR) is 89.2 cm³/mol. The summed E-state index contributed by atoms with van der Waals surface area (Å²) in [6, 6.07) is 1.62. The normalized spacial score (nSPS) is 15.7. The molecule has 24 heavy (non-hydrogen) atoms. The lowest BCUT2D eigenvalue weighted by atomic mass is 9.87. The van der Waals surface area contributed by atoms with E-state index < -0.39 is 15.9 Å². The summed E-state index contributed by atoms with van der Waals surface area (Å²) in [7, 11) is -3.66. The van der Waals surface area contributed by atoms with Gasteiger partial charge in [-0.2, -0.15) is 0 Å². The van der Waals surface area contributed by atoms with E-state index in [1.54, 1.807) is 13.0 Å². The molecule has 0 bridgehead atoms. The predicted octanol–water partition coefficient (Wildman–Crippen LogP) is 2.51. The summed E-state index contributed by atoms with van der Waals surface area (Å²) in [6.07, 6.45) is 2.85. The molecule has 0 radical (unpaired) electrons. The molecule has 130 valence electrons. The van der Waals surface area contributed by atoms with Crippen molar-refractivity contribution in [3.05, 3.63) is 23.0 Å². The molecule has 1 aliphatic carbocycles. The van der Waals surface area contributed by atoms with E-state index in [-0.39, 0.29) is 28.9 Å². The number of fused-ring (bicyclic) bond motifs is 1. The van der Waals surface area contributed by atoms with Gasteiger partial charge in [0.1, 0.15) is 0 Å². The molecule has 0 unspecified atom stereocenters. The third-order valence-corrected chi connectivity index (χ3v) is 5.81. The summed E-state index contributed by atoms with van der Waals surface area (Å²) >= 11 is 0. The molecule has 2 aromatic rings. The van der Waals surface area contributed by atoms with Gasteiger partial charge in [0.2, 0.25) is 10.0 Å². The highest BCUT2D eigenvalue weighted by molar-refractivity contribution is 7.90. The van der Waals surface area contributed by atoms with Crippen LogP contribution in [0.2, 0.25) is 0 Å². The fourth-order valence-electron chi connectivity index (χ4n) is 2.80. The molecule has 2 heterocycles. The Labute approximate surface area is 140 Å². The first-order valence-electron chi connectivity index (χ1n) is 8.08. The van der Waals surface area contributed by atoms with Crippen molar-refractivity contribution in [2.45, 2.75) is 46.0 Å². The van der Waals surface area contributed by atoms with Gasteiger partial charge < -0.3 is 4.52 Å². The number of nitrogens with zero attached hydrogens (tertiary/aromatic N) is 2. The van der Waals surface area contributed by atoms with Crippen LogP contribution in [-0.2, 0) is 10.0 Å². The average molecular weight is 351 g/mol. The van der Waals surface area contributed by atoms with Gasteiger partial charge in [-0.1, -0.05) is 25.4 Å². The zero-order valence-electron chi connectivity index (χ0n) is 14.0. The zero-order chi connectivity index (χ0) is 17.5. The Morgan fingerprint density at radius 1 is 1.42 bits per heavy atom. The van der Waals surface area contributed by atoms with E-state index in [0.29, 0.717) is 16.8 Å². The van der Waals surface area contributed by atoms with Crippen LogP contribution in [0.25, 0.3) is 11.1 Å². The molecule has 0 atom stereocenters. The summed E-state index contributed by atoms with van der Waals surface area (Å²) < 4.78 is 31.8. The number of sulfonamides is 1. The number of rotatable bonds is 5. The van der Waals surface area contributed by atoms with Gasteiger partial charge in [0.05, 0.1) is 22.4 Å². The van der Waals surface area contributed by atoms with Crippen LogP contribution >= 0.6 is 0 Å². The molecule has 8 heteroatoms. The van der Waals surface area contributed by atoms with Crippen LogP contribution in [0, 0.1) is 12.8 Å². The Kier molecular flexibility index (Phi) is 4.33. The van der Waals surface area contributed by atoms with Crippen LogP contribution in [-0.4, -0.2) is 30.2 Å². The number of carbonyl (C=O) groups excluding carboxylic acids is 1. The number of amides is 1. The Hall–Kier alpha value is -1.96. The number of pyridine rings is 1. The lowest BCUT2D eigenvalue weighted by Gasteiger charge is -2.24. The third kappa shape index (κ3) is 3.28. The maximum Gasteiger partial charge on any atom is 0.265 e. The summed E-state index contributed by atoms with van der Waals surface area (Å²) in [5.41, 5.74) is 1.65. The summed E-state index contributed by atoms with van der Waals surface area (Å²) in [5, 5.41) is 4.29. The standard InChI is InChI=1S/C16H21N3O4S/c1-9(2)13-7-12(14-10(3)18-23-16(14)17-13)15(20)19-24(21,22)8-11-5-4-6-11/h7,9,11H,4-6,8H2,1-3H3,(H,19,20). The Morgan fingerprint density at radius 2 is 2.12 bits per heavy atom. The van der Waals surface area contributed by atoms with Crippen molar-refractivity contribution in [3.8, 4) is 0 Å². The molecule has 1 amide bonds. The quantitative estimate of drug-likeness (QED) is 0.888. The molecule has 7 nitrogen and oxygen atoms in total. The maximum atomic E-state index is 12.6. The maximum absolute atomic E-state index is 12.6. The highest BCUT2D eigenvalue weighted by Gasteiger charge is 2.27. The summed E-state index contributed by atoms with van der Waals surface area (Å²) in [4.78, 5) is 16.9. The van der Waals surface area contributed by atoms with Gasteiger partial charge in [-0.25, -0.2) is 18.1 Å². The number of aromatic nitrogens is 2. The molecular formula is C16H21N3O4S. The van der Waals surface area contributed by atoms with Crippen LogP contribution in [0.15, 0.2) is 10.6 Å². The fraction of sp³-hybridized carbons (Fsp3) is 0.562. The largest absolute Gasteiger partial charge is 0.336 e. The molecule has 2 aromatic heterocycles. The van der Waals surface area contributed by atoms with Gasteiger partial charge in [0.15, 0.2) is 0 Å². The second-order valence-electron chi connectivity index (χ2n) is 6.71. The van der Waals surface area contributed by atoms with Gasteiger partial charge in [-0.15, -0.1) is 0 Å². The summed E-state index contributed by atoms with van der Waals surface area (Å²) in [5.74, 6) is -0.448.